The van der Waals surface area contributed by atoms with Gasteiger partial charge in [-0.05, 0) is 12.8 Å². The van der Waals surface area contributed by atoms with Gasteiger partial charge in [-0.2, -0.15) is 0 Å². The van der Waals surface area contributed by atoms with Gasteiger partial charge in [-0.3, -0.25) is 4.90 Å². The molecule has 1 atom stereocenters. The molecule has 3 aliphatic rings. The number of hydrogen-bond donors (Lipinski definition) is 1. The Labute approximate surface area is 136 Å². The molecule has 2 fully saturated rings. The van der Waals surface area contributed by atoms with E-state index in [4.69, 9.17) is 4.74 Å². The smallest absolute Gasteiger partial charge is 0.318 e. The fourth-order valence-electron chi connectivity index (χ4n) is 3.45. The summed E-state index contributed by atoms with van der Waals surface area (Å²) in [5, 5.41) is 3.11. The van der Waals surface area contributed by atoms with E-state index >= 15 is 0 Å². The zero-order valence-corrected chi connectivity index (χ0v) is 13.5. The summed E-state index contributed by atoms with van der Waals surface area (Å²) < 4.78 is 7.64. The Kier molecular flexibility index (Phi) is 4.22. The van der Waals surface area contributed by atoms with Crippen molar-refractivity contribution < 1.29 is 9.53 Å². The SMILES string of the molecule is O=C(NC1CC1)N1Cc2nccn2C[C@H](CN2CCOCC2)C1. The summed E-state index contributed by atoms with van der Waals surface area (Å²) >= 11 is 0. The molecule has 0 aromatic carbocycles. The molecular formula is C16H25N5O2. The van der Waals surface area contributed by atoms with Gasteiger partial charge in [0.1, 0.15) is 5.82 Å². The van der Waals surface area contributed by atoms with Gasteiger partial charge in [0.2, 0.25) is 0 Å². The molecule has 0 spiro atoms. The van der Waals surface area contributed by atoms with Crippen molar-refractivity contribution in [2.24, 2.45) is 5.92 Å². The molecule has 1 aromatic heterocycles. The molecule has 0 radical (unpaired) electrons. The number of carbonyl (C=O) groups is 1. The van der Waals surface area contributed by atoms with Crippen molar-refractivity contribution in [3.05, 3.63) is 18.2 Å². The van der Waals surface area contributed by atoms with Gasteiger partial charge in [-0.1, -0.05) is 0 Å². The van der Waals surface area contributed by atoms with Gasteiger partial charge in [0.05, 0.1) is 19.8 Å². The first-order valence-corrected chi connectivity index (χ1v) is 8.63. The summed E-state index contributed by atoms with van der Waals surface area (Å²) in [6.07, 6.45) is 6.10. The van der Waals surface area contributed by atoms with E-state index in [1.807, 2.05) is 17.3 Å². The van der Waals surface area contributed by atoms with Crippen LogP contribution in [0.1, 0.15) is 18.7 Å². The number of imidazole rings is 1. The number of ether oxygens (including phenoxy) is 1. The van der Waals surface area contributed by atoms with Crippen molar-refractivity contribution in [3.63, 3.8) is 0 Å². The minimum atomic E-state index is 0.0657. The average Bonchev–Trinajstić information content (AvgIpc) is 3.30. The Balaban J connectivity index is 1.45. The largest absolute Gasteiger partial charge is 0.379 e. The lowest BCUT2D eigenvalue weighted by Gasteiger charge is -2.31. The fraction of sp³-hybridized carbons (Fsp3) is 0.750. The van der Waals surface area contributed by atoms with Crippen LogP contribution in [0.2, 0.25) is 0 Å². The quantitative estimate of drug-likeness (QED) is 0.882. The number of nitrogens with zero attached hydrogens (tertiary/aromatic N) is 4. The summed E-state index contributed by atoms with van der Waals surface area (Å²) in [5.74, 6) is 1.41. The summed E-state index contributed by atoms with van der Waals surface area (Å²) in [6, 6.07) is 0.458. The minimum Gasteiger partial charge on any atom is -0.379 e. The lowest BCUT2D eigenvalue weighted by atomic mass is 10.1. The molecule has 2 aliphatic heterocycles. The van der Waals surface area contributed by atoms with Crippen LogP contribution in [0.3, 0.4) is 0 Å². The molecule has 1 aromatic rings. The normalized spacial score (nSPS) is 25.7. The van der Waals surface area contributed by atoms with E-state index in [0.29, 0.717) is 18.5 Å². The highest BCUT2D eigenvalue weighted by atomic mass is 16.5. The third-order valence-electron chi connectivity index (χ3n) is 4.88. The van der Waals surface area contributed by atoms with Crippen LogP contribution in [0.5, 0.6) is 0 Å². The highest BCUT2D eigenvalue weighted by Gasteiger charge is 2.30. The second kappa shape index (κ2) is 6.49. The Morgan fingerprint density at radius 1 is 1.30 bits per heavy atom. The van der Waals surface area contributed by atoms with Gasteiger partial charge < -0.3 is 19.5 Å². The number of fused-ring (bicyclic) bond motifs is 1. The van der Waals surface area contributed by atoms with Crippen molar-refractivity contribution in [3.8, 4) is 0 Å². The number of nitrogens with one attached hydrogen (secondary N) is 1. The predicted molar refractivity (Wildman–Crippen MR) is 84.9 cm³/mol. The van der Waals surface area contributed by atoms with Crippen molar-refractivity contribution in [2.45, 2.75) is 32.0 Å². The van der Waals surface area contributed by atoms with Crippen LogP contribution in [0, 0.1) is 5.92 Å². The van der Waals surface area contributed by atoms with Crippen LogP contribution < -0.4 is 5.32 Å². The van der Waals surface area contributed by atoms with Gasteiger partial charge in [0.15, 0.2) is 0 Å². The maximum atomic E-state index is 12.5. The Morgan fingerprint density at radius 3 is 2.91 bits per heavy atom. The minimum absolute atomic E-state index is 0.0657. The Bertz CT molecular complexity index is 550. The molecule has 4 rings (SSSR count). The average molecular weight is 319 g/mol. The molecular weight excluding hydrogens is 294 g/mol. The molecule has 3 heterocycles. The molecule has 126 valence electrons. The van der Waals surface area contributed by atoms with Crippen LogP contribution in [0.15, 0.2) is 12.4 Å². The topological polar surface area (TPSA) is 62.6 Å². The van der Waals surface area contributed by atoms with Gasteiger partial charge in [-0.25, -0.2) is 9.78 Å². The van der Waals surface area contributed by atoms with E-state index in [2.05, 4.69) is 19.8 Å². The van der Waals surface area contributed by atoms with Gasteiger partial charge in [0.25, 0.3) is 0 Å². The number of hydrogen-bond acceptors (Lipinski definition) is 4. The first kappa shape index (κ1) is 15.0. The molecule has 1 saturated carbocycles. The van der Waals surface area contributed by atoms with E-state index < -0.39 is 0 Å². The highest BCUT2D eigenvalue weighted by molar-refractivity contribution is 5.74. The third kappa shape index (κ3) is 3.67. The molecule has 23 heavy (non-hydrogen) atoms. The molecule has 7 nitrogen and oxygen atoms in total. The highest BCUT2D eigenvalue weighted by Crippen LogP contribution is 2.21. The number of carbonyl (C=O) groups excluding carboxylic acids is 1. The van der Waals surface area contributed by atoms with Gasteiger partial charge in [0, 0.05) is 57.1 Å². The lowest BCUT2D eigenvalue weighted by Crippen LogP contribution is -2.46. The van der Waals surface area contributed by atoms with Crippen LogP contribution in [0.25, 0.3) is 0 Å². The summed E-state index contributed by atoms with van der Waals surface area (Å²) in [4.78, 5) is 21.3. The standard InChI is InChI=1S/C16H25N5O2/c22-16(18-14-1-2-14)21-11-13(9-19-5-7-23-8-6-19)10-20-4-3-17-15(20)12-21/h3-4,13-14H,1-2,5-12H2,(H,18,22)/t13-/m0/s1. The van der Waals surface area contributed by atoms with E-state index in [9.17, 15) is 4.79 Å². The van der Waals surface area contributed by atoms with Crippen LogP contribution in [-0.2, 0) is 17.8 Å². The molecule has 2 amide bonds. The van der Waals surface area contributed by atoms with Gasteiger partial charge >= 0.3 is 6.03 Å². The van der Waals surface area contributed by atoms with E-state index in [1.165, 1.54) is 0 Å². The Morgan fingerprint density at radius 2 is 2.13 bits per heavy atom. The fourth-order valence-corrected chi connectivity index (χ4v) is 3.45. The lowest BCUT2D eigenvalue weighted by molar-refractivity contribution is 0.0277. The number of amides is 2. The van der Waals surface area contributed by atoms with E-state index in [1.54, 1.807) is 0 Å². The summed E-state index contributed by atoms with van der Waals surface area (Å²) in [5.41, 5.74) is 0. The maximum Gasteiger partial charge on any atom is 0.318 e. The third-order valence-corrected chi connectivity index (χ3v) is 4.88. The zero-order valence-electron chi connectivity index (χ0n) is 13.5. The zero-order chi connectivity index (χ0) is 15.6. The molecule has 0 unspecified atom stereocenters. The van der Waals surface area contributed by atoms with Crippen molar-refractivity contribution in [1.82, 2.24) is 24.7 Å². The predicted octanol–water partition coefficient (Wildman–Crippen LogP) is 0.519. The molecule has 1 aliphatic carbocycles. The number of aromatic nitrogens is 2. The van der Waals surface area contributed by atoms with Crippen molar-refractivity contribution in [2.75, 3.05) is 39.4 Å². The Hall–Kier alpha value is -1.60. The summed E-state index contributed by atoms with van der Waals surface area (Å²) in [7, 11) is 0. The second-order valence-electron chi connectivity index (χ2n) is 6.88. The molecule has 0 bridgehead atoms. The van der Waals surface area contributed by atoms with Crippen molar-refractivity contribution in [1.29, 1.82) is 0 Å². The van der Waals surface area contributed by atoms with Crippen molar-refractivity contribution >= 4 is 6.03 Å². The van der Waals surface area contributed by atoms with Crippen LogP contribution >= 0.6 is 0 Å². The first-order chi connectivity index (χ1) is 11.3. The number of morpholine rings is 1. The van der Waals surface area contributed by atoms with E-state index in [-0.39, 0.29) is 6.03 Å². The number of rotatable bonds is 3. The van der Waals surface area contributed by atoms with E-state index in [0.717, 1.165) is 64.6 Å². The first-order valence-electron chi connectivity index (χ1n) is 8.63. The maximum absolute atomic E-state index is 12.5. The van der Waals surface area contributed by atoms with Gasteiger partial charge in [-0.15, -0.1) is 0 Å². The second-order valence-corrected chi connectivity index (χ2v) is 6.88. The monoisotopic (exact) mass is 319 g/mol. The van der Waals surface area contributed by atoms with Crippen LogP contribution in [-0.4, -0.2) is 70.8 Å². The molecule has 1 N–H and O–H groups in total. The molecule has 1 saturated heterocycles. The van der Waals surface area contributed by atoms with Crippen LogP contribution in [0.4, 0.5) is 4.79 Å². The molecule has 7 heteroatoms. The summed E-state index contributed by atoms with van der Waals surface area (Å²) in [6.45, 7) is 6.94. The number of urea groups is 1.